The number of rotatable bonds is 4. The molecule has 1 fully saturated rings. The SMILES string of the molecule is O=C1OC(C(=O)NCC2(c3c(F)cccc3F)CCCC2)Cc2ccccc21. The maximum atomic E-state index is 14.4. The van der Waals surface area contributed by atoms with Crippen LogP contribution in [0.4, 0.5) is 8.78 Å². The zero-order valence-electron chi connectivity index (χ0n) is 15.3. The first-order valence-electron chi connectivity index (χ1n) is 9.51. The molecule has 2 aromatic rings. The van der Waals surface area contributed by atoms with Crippen molar-refractivity contribution < 1.29 is 23.1 Å². The van der Waals surface area contributed by atoms with Crippen LogP contribution >= 0.6 is 0 Å². The van der Waals surface area contributed by atoms with E-state index in [9.17, 15) is 18.4 Å². The third kappa shape index (κ3) is 3.28. The Morgan fingerprint density at radius 1 is 1.07 bits per heavy atom. The number of carbonyl (C=O) groups is 2. The first kappa shape index (κ1) is 18.6. The van der Waals surface area contributed by atoms with Crippen molar-refractivity contribution in [3.8, 4) is 0 Å². The number of esters is 1. The van der Waals surface area contributed by atoms with Crippen LogP contribution < -0.4 is 5.32 Å². The molecule has 0 aromatic heterocycles. The van der Waals surface area contributed by atoms with Crippen LogP contribution in [0.5, 0.6) is 0 Å². The van der Waals surface area contributed by atoms with E-state index in [0.717, 1.165) is 18.4 Å². The molecule has 1 N–H and O–H groups in total. The summed E-state index contributed by atoms with van der Waals surface area (Å²) in [4.78, 5) is 24.8. The molecule has 2 aliphatic rings. The second kappa shape index (κ2) is 7.34. The Bertz CT molecular complexity index is 901. The monoisotopic (exact) mass is 385 g/mol. The number of hydrogen-bond donors (Lipinski definition) is 1. The Balaban J connectivity index is 1.51. The Morgan fingerprint density at radius 3 is 2.46 bits per heavy atom. The predicted octanol–water partition coefficient (Wildman–Crippen LogP) is 3.67. The lowest BCUT2D eigenvalue weighted by Gasteiger charge is -2.32. The first-order valence-corrected chi connectivity index (χ1v) is 9.51. The van der Waals surface area contributed by atoms with Gasteiger partial charge in [-0.25, -0.2) is 13.6 Å². The standard InChI is InChI=1S/C22H21F2NO3/c23-16-8-5-9-17(24)19(16)22(10-3-4-11-22)13-25-20(26)18-12-14-6-1-2-7-15(14)21(27)28-18/h1-2,5-9,18H,3-4,10-13H2,(H,25,26). The normalized spacial score (nSPS) is 20.4. The Morgan fingerprint density at radius 2 is 1.75 bits per heavy atom. The molecule has 1 unspecified atom stereocenters. The van der Waals surface area contributed by atoms with Gasteiger partial charge in [-0.2, -0.15) is 0 Å². The van der Waals surface area contributed by atoms with E-state index in [4.69, 9.17) is 4.74 Å². The average molecular weight is 385 g/mol. The smallest absolute Gasteiger partial charge is 0.339 e. The van der Waals surface area contributed by atoms with Gasteiger partial charge in [-0.3, -0.25) is 4.79 Å². The summed E-state index contributed by atoms with van der Waals surface area (Å²) in [6.07, 6.45) is 2.22. The fraction of sp³-hybridized carbons (Fsp3) is 0.364. The van der Waals surface area contributed by atoms with Crippen molar-refractivity contribution in [2.45, 2.75) is 43.6 Å². The van der Waals surface area contributed by atoms with E-state index in [0.29, 0.717) is 18.4 Å². The number of hydrogen-bond acceptors (Lipinski definition) is 3. The second-order valence-electron chi connectivity index (χ2n) is 7.56. The van der Waals surface area contributed by atoms with Crippen molar-refractivity contribution in [2.75, 3.05) is 6.54 Å². The van der Waals surface area contributed by atoms with Gasteiger partial charge in [0.1, 0.15) is 11.6 Å². The Labute approximate surface area is 161 Å². The number of amides is 1. The van der Waals surface area contributed by atoms with Crippen molar-refractivity contribution in [2.24, 2.45) is 0 Å². The van der Waals surface area contributed by atoms with Gasteiger partial charge in [0.05, 0.1) is 5.56 Å². The van der Waals surface area contributed by atoms with Crippen LogP contribution in [-0.2, 0) is 21.4 Å². The third-order valence-electron chi connectivity index (χ3n) is 5.84. The van der Waals surface area contributed by atoms with Crippen molar-refractivity contribution in [1.82, 2.24) is 5.32 Å². The summed E-state index contributed by atoms with van der Waals surface area (Å²) in [6.45, 7) is 0.110. The largest absolute Gasteiger partial charge is 0.448 e. The molecule has 4 nitrogen and oxygen atoms in total. The lowest BCUT2D eigenvalue weighted by molar-refractivity contribution is -0.130. The molecule has 0 saturated heterocycles. The molecule has 1 aliphatic heterocycles. The molecule has 1 heterocycles. The summed E-state index contributed by atoms with van der Waals surface area (Å²) in [6, 6.07) is 10.9. The van der Waals surface area contributed by atoms with Gasteiger partial charge in [-0.15, -0.1) is 0 Å². The van der Waals surface area contributed by atoms with Crippen LogP contribution in [0.15, 0.2) is 42.5 Å². The molecule has 1 aliphatic carbocycles. The number of cyclic esters (lactones) is 1. The summed E-state index contributed by atoms with van der Waals surface area (Å²) in [5, 5.41) is 2.79. The van der Waals surface area contributed by atoms with Gasteiger partial charge < -0.3 is 10.1 Å². The molecular weight excluding hydrogens is 364 g/mol. The highest BCUT2D eigenvalue weighted by Crippen LogP contribution is 2.42. The quantitative estimate of drug-likeness (QED) is 0.817. The molecule has 6 heteroatoms. The summed E-state index contributed by atoms with van der Waals surface area (Å²) < 4.78 is 34.1. The predicted molar refractivity (Wildman–Crippen MR) is 98.9 cm³/mol. The highest BCUT2D eigenvalue weighted by molar-refractivity contribution is 5.95. The molecule has 28 heavy (non-hydrogen) atoms. The summed E-state index contributed by atoms with van der Waals surface area (Å²) in [5.74, 6) is -2.15. The lowest BCUT2D eigenvalue weighted by atomic mass is 9.78. The summed E-state index contributed by atoms with van der Waals surface area (Å²) in [5.41, 5.74) is 0.488. The Hall–Kier alpha value is -2.76. The maximum Gasteiger partial charge on any atom is 0.339 e. The minimum atomic E-state index is -0.939. The molecule has 2 aromatic carbocycles. The third-order valence-corrected chi connectivity index (χ3v) is 5.84. The fourth-order valence-electron chi connectivity index (χ4n) is 4.42. The average Bonchev–Trinajstić information content (AvgIpc) is 3.15. The molecule has 0 bridgehead atoms. The van der Waals surface area contributed by atoms with E-state index in [2.05, 4.69) is 5.32 Å². The number of carbonyl (C=O) groups excluding carboxylic acids is 2. The van der Waals surface area contributed by atoms with Crippen LogP contribution in [0.3, 0.4) is 0 Å². The number of benzene rings is 2. The van der Waals surface area contributed by atoms with Crippen molar-refractivity contribution in [1.29, 1.82) is 0 Å². The van der Waals surface area contributed by atoms with E-state index in [1.807, 2.05) is 0 Å². The molecule has 0 spiro atoms. The van der Waals surface area contributed by atoms with E-state index >= 15 is 0 Å². The molecule has 146 valence electrons. The van der Waals surface area contributed by atoms with Crippen LogP contribution in [-0.4, -0.2) is 24.5 Å². The van der Waals surface area contributed by atoms with Gasteiger partial charge in [-0.1, -0.05) is 37.1 Å². The van der Waals surface area contributed by atoms with E-state index < -0.39 is 35.0 Å². The highest BCUT2D eigenvalue weighted by atomic mass is 19.1. The van der Waals surface area contributed by atoms with Crippen LogP contribution in [0.2, 0.25) is 0 Å². The summed E-state index contributed by atoms with van der Waals surface area (Å²) >= 11 is 0. The maximum absolute atomic E-state index is 14.4. The number of ether oxygens (including phenoxy) is 1. The minimum Gasteiger partial charge on any atom is -0.448 e. The van der Waals surface area contributed by atoms with Gasteiger partial charge in [0.15, 0.2) is 6.10 Å². The van der Waals surface area contributed by atoms with Gasteiger partial charge in [0, 0.05) is 23.9 Å². The molecule has 0 radical (unpaired) electrons. The highest BCUT2D eigenvalue weighted by Gasteiger charge is 2.41. The molecule has 4 rings (SSSR count). The zero-order valence-corrected chi connectivity index (χ0v) is 15.3. The number of nitrogens with one attached hydrogen (secondary N) is 1. The van der Waals surface area contributed by atoms with Crippen LogP contribution in [0.1, 0.15) is 47.2 Å². The van der Waals surface area contributed by atoms with Gasteiger partial charge in [0.25, 0.3) is 5.91 Å². The topological polar surface area (TPSA) is 55.4 Å². The van der Waals surface area contributed by atoms with Crippen molar-refractivity contribution in [3.05, 3.63) is 70.8 Å². The van der Waals surface area contributed by atoms with E-state index in [-0.39, 0.29) is 18.5 Å². The Kier molecular flexibility index (Phi) is 4.87. The van der Waals surface area contributed by atoms with E-state index in [1.54, 1.807) is 24.3 Å². The molecule has 1 atom stereocenters. The van der Waals surface area contributed by atoms with Gasteiger partial charge in [-0.05, 0) is 36.6 Å². The fourth-order valence-corrected chi connectivity index (χ4v) is 4.42. The molecule has 1 amide bonds. The number of fused-ring (bicyclic) bond motifs is 1. The van der Waals surface area contributed by atoms with Crippen molar-refractivity contribution >= 4 is 11.9 Å². The molecule has 1 saturated carbocycles. The molecular formula is C22H21F2NO3. The minimum absolute atomic E-state index is 0.0405. The van der Waals surface area contributed by atoms with E-state index in [1.165, 1.54) is 18.2 Å². The second-order valence-corrected chi connectivity index (χ2v) is 7.56. The van der Waals surface area contributed by atoms with Gasteiger partial charge >= 0.3 is 5.97 Å². The van der Waals surface area contributed by atoms with Crippen molar-refractivity contribution in [3.63, 3.8) is 0 Å². The first-order chi connectivity index (χ1) is 13.5. The zero-order chi connectivity index (χ0) is 19.7. The van der Waals surface area contributed by atoms with Crippen LogP contribution in [0, 0.1) is 11.6 Å². The van der Waals surface area contributed by atoms with Gasteiger partial charge in [0.2, 0.25) is 0 Å². The summed E-state index contributed by atoms with van der Waals surface area (Å²) in [7, 11) is 0. The lowest BCUT2D eigenvalue weighted by Crippen LogP contribution is -2.47. The number of halogens is 2. The van der Waals surface area contributed by atoms with Crippen LogP contribution in [0.25, 0.3) is 0 Å².